The van der Waals surface area contributed by atoms with Gasteiger partial charge in [-0.25, -0.2) is 4.79 Å². The number of thiophene rings is 1. The Morgan fingerprint density at radius 2 is 1.94 bits per heavy atom. The molecule has 3 nitrogen and oxygen atoms in total. The van der Waals surface area contributed by atoms with Gasteiger partial charge in [0.2, 0.25) is 0 Å². The topological polar surface area (TPSA) is 38.7 Å². The Bertz CT molecular complexity index is 627. The highest BCUT2D eigenvalue weighted by atomic mass is 32.1. The van der Waals surface area contributed by atoms with Crippen LogP contribution in [-0.2, 0) is 9.63 Å². The summed E-state index contributed by atoms with van der Waals surface area (Å²) in [5, 5.41) is 5.82. The summed E-state index contributed by atoms with van der Waals surface area (Å²) < 4.78 is 0. The maximum atomic E-state index is 11.7. The predicted molar refractivity (Wildman–Crippen MR) is 71.4 cm³/mol. The van der Waals surface area contributed by atoms with Gasteiger partial charge in [0.15, 0.2) is 0 Å². The van der Waals surface area contributed by atoms with Crippen molar-refractivity contribution in [2.45, 2.75) is 0 Å². The molecular formula is C14H9NO2S. The van der Waals surface area contributed by atoms with Crippen molar-refractivity contribution in [2.24, 2.45) is 5.16 Å². The Kier molecular flexibility index (Phi) is 2.78. The summed E-state index contributed by atoms with van der Waals surface area (Å²) in [7, 11) is 0. The van der Waals surface area contributed by atoms with Gasteiger partial charge in [0.05, 0.1) is 5.57 Å². The molecule has 0 saturated heterocycles. The van der Waals surface area contributed by atoms with E-state index in [2.05, 4.69) is 5.16 Å². The van der Waals surface area contributed by atoms with Crippen molar-refractivity contribution in [3.8, 4) is 0 Å². The lowest BCUT2D eigenvalue weighted by molar-refractivity contribution is -0.136. The third kappa shape index (κ3) is 1.98. The minimum absolute atomic E-state index is 0.401. The summed E-state index contributed by atoms with van der Waals surface area (Å²) in [6, 6.07) is 13.4. The van der Waals surface area contributed by atoms with Gasteiger partial charge in [0, 0.05) is 10.4 Å². The zero-order valence-corrected chi connectivity index (χ0v) is 10.2. The predicted octanol–water partition coefficient (Wildman–Crippen LogP) is 3.09. The quantitative estimate of drug-likeness (QED) is 0.611. The maximum Gasteiger partial charge on any atom is 0.368 e. The molecule has 18 heavy (non-hydrogen) atoms. The smallest absolute Gasteiger partial charge is 0.312 e. The molecule has 0 spiro atoms. The Labute approximate surface area is 108 Å². The molecule has 0 amide bonds. The van der Waals surface area contributed by atoms with E-state index in [1.165, 1.54) is 0 Å². The van der Waals surface area contributed by atoms with E-state index in [4.69, 9.17) is 4.84 Å². The van der Waals surface area contributed by atoms with Crippen LogP contribution in [0.1, 0.15) is 10.4 Å². The monoisotopic (exact) mass is 255 g/mol. The molecule has 0 bridgehead atoms. The van der Waals surface area contributed by atoms with Crippen molar-refractivity contribution in [1.82, 2.24) is 0 Å². The second kappa shape index (κ2) is 4.58. The van der Waals surface area contributed by atoms with Gasteiger partial charge in [-0.15, -0.1) is 11.3 Å². The number of nitrogens with zero attached hydrogens (tertiary/aromatic N) is 1. The third-order valence-corrected chi connectivity index (χ3v) is 3.39. The van der Waals surface area contributed by atoms with Crippen LogP contribution in [0.25, 0.3) is 6.08 Å². The van der Waals surface area contributed by atoms with Gasteiger partial charge in [0.25, 0.3) is 0 Å². The van der Waals surface area contributed by atoms with Crippen LogP contribution in [0, 0.1) is 0 Å². The van der Waals surface area contributed by atoms with Crippen LogP contribution in [0.3, 0.4) is 0 Å². The van der Waals surface area contributed by atoms with Gasteiger partial charge < -0.3 is 4.84 Å². The van der Waals surface area contributed by atoms with E-state index in [9.17, 15) is 4.79 Å². The van der Waals surface area contributed by atoms with Crippen LogP contribution in [0.5, 0.6) is 0 Å². The molecule has 0 unspecified atom stereocenters. The van der Waals surface area contributed by atoms with Crippen LogP contribution in [-0.4, -0.2) is 11.7 Å². The van der Waals surface area contributed by atoms with Gasteiger partial charge in [-0.05, 0) is 17.5 Å². The number of oxime groups is 1. The van der Waals surface area contributed by atoms with Crippen LogP contribution in [0.2, 0.25) is 0 Å². The Morgan fingerprint density at radius 3 is 2.67 bits per heavy atom. The second-order valence-electron chi connectivity index (χ2n) is 3.76. The normalized spacial score (nSPS) is 16.8. The molecule has 2 aromatic rings. The lowest BCUT2D eigenvalue weighted by atomic mass is 10.0. The molecule has 0 atom stereocenters. The summed E-state index contributed by atoms with van der Waals surface area (Å²) in [6.45, 7) is 0. The van der Waals surface area contributed by atoms with E-state index >= 15 is 0 Å². The van der Waals surface area contributed by atoms with Crippen LogP contribution >= 0.6 is 11.3 Å². The molecule has 0 saturated carbocycles. The van der Waals surface area contributed by atoms with Gasteiger partial charge in [0.1, 0.15) is 5.71 Å². The van der Waals surface area contributed by atoms with E-state index in [1.54, 1.807) is 11.3 Å². The first-order valence-electron chi connectivity index (χ1n) is 5.45. The molecule has 0 fully saturated rings. The average Bonchev–Trinajstić information content (AvgIpc) is 3.03. The lowest BCUT2D eigenvalue weighted by Gasteiger charge is -1.98. The van der Waals surface area contributed by atoms with Gasteiger partial charge >= 0.3 is 5.97 Å². The second-order valence-corrected chi connectivity index (χ2v) is 4.74. The fourth-order valence-electron chi connectivity index (χ4n) is 1.73. The van der Waals surface area contributed by atoms with Crippen LogP contribution in [0.4, 0.5) is 0 Å². The van der Waals surface area contributed by atoms with Crippen molar-refractivity contribution >= 4 is 29.1 Å². The van der Waals surface area contributed by atoms with Crippen LogP contribution in [0.15, 0.2) is 58.6 Å². The van der Waals surface area contributed by atoms with Crippen molar-refractivity contribution in [3.63, 3.8) is 0 Å². The molecule has 2 heterocycles. The molecule has 88 valence electrons. The molecule has 4 heteroatoms. The zero-order valence-electron chi connectivity index (χ0n) is 9.37. The van der Waals surface area contributed by atoms with Crippen molar-refractivity contribution in [3.05, 3.63) is 63.9 Å². The number of benzene rings is 1. The van der Waals surface area contributed by atoms with E-state index in [1.807, 2.05) is 53.9 Å². The fourth-order valence-corrected chi connectivity index (χ4v) is 2.39. The zero-order chi connectivity index (χ0) is 12.4. The molecule has 0 aliphatic carbocycles. The summed E-state index contributed by atoms with van der Waals surface area (Å²) >= 11 is 1.57. The number of rotatable bonds is 2. The van der Waals surface area contributed by atoms with Crippen LogP contribution < -0.4 is 0 Å². The highest BCUT2D eigenvalue weighted by Gasteiger charge is 2.26. The maximum absolute atomic E-state index is 11.7. The van der Waals surface area contributed by atoms with E-state index in [0.29, 0.717) is 11.3 Å². The van der Waals surface area contributed by atoms with Gasteiger partial charge in [-0.1, -0.05) is 41.6 Å². The van der Waals surface area contributed by atoms with E-state index in [-0.39, 0.29) is 0 Å². The van der Waals surface area contributed by atoms with Gasteiger partial charge in [-0.3, -0.25) is 0 Å². The highest BCUT2D eigenvalue weighted by Crippen LogP contribution is 2.22. The number of carbonyl (C=O) groups excluding carboxylic acids is 1. The lowest BCUT2D eigenvalue weighted by Crippen LogP contribution is -2.06. The minimum atomic E-state index is -0.401. The van der Waals surface area contributed by atoms with Gasteiger partial charge in [-0.2, -0.15) is 0 Å². The van der Waals surface area contributed by atoms with Crippen molar-refractivity contribution < 1.29 is 9.63 Å². The summed E-state index contributed by atoms with van der Waals surface area (Å²) in [5.74, 6) is -0.401. The number of hydrogen-bond donors (Lipinski definition) is 0. The molecule has 3 rings (SSSR count). The summed E-state index contributed by atoms with van der Waals surface area (Å²) in [6.07, 6.45) is 1.81. The molecule has 1 aliphatic rings. The Morgan fingerprint density at radius 1 is 1.11 bits per heavy atom. The number of carbonyl (C=O) groups is 1. The summed E-state index contributed by atoms with van der Waals surface area (Å²) in [5.41, 5.74) is 1.98. The first-order chi connectivity index (χ1) is 8.84. The molecular weight excluding hydrogens is 246 g/mol. The SMILES string of the molecule is O=C1ON=C(c2ccccc2)/C1=C/c1cccs1. The van der Waals surface area contributed by atoms with E-state index < -0.39 is 5.97 Å². The minimum Gasteiger partial charge on any atom is -0.312 e. The number of hydrogen-bond acceptors (Lipinski definition) is 4. The fraction of sp³-hybridized carbons (Fsp3) is 0. The standard InChI is InChI=1S/C14H9NO2S/c16-14-12(9-11-7-4-8-18-11)13(15-17-14)10-5-2-1-3-6-10/h1-9H/b12-9-. The largest absolute Gasteiger partial charge is 0.368 e. The molecule has 0 radical (unpaired) electrons. The molecule has 1 aromatic heterocycles. The third-order valence-electron chi connectivity index (χ3n) is 2.57. The van der Waals surface area contributed by atoms with Crippen molar-refractivity contribution in [2.75, 3.05) is 0 Å². The summed E-state index contributed by atoms with van der Waals surface area (Å²) in [4.78, 5) is 17.5. The first kappa shape index (κ1) is 10.9. The van der Waals surface area contributed by atoms with E-state index in [0.717, 1.165) is 10.4 Å². The Balaban J connectivity index is 2.03. The molecule has 1 aromatic carbocycles. The molecule has 1 aliphatic heterocycles. The Hall–Kier alpha value is -2.20. The van der Waals surface area contributed by atoms with Crippen molar-refractivity contribution in [1.29, 1.82) is 0 Å². The first-order valence-corrected chi connectivity index (χ1v) is 6.33. The highest BCUT2D eigenvalue weighted by molar-refractivity contribution is 7.10. The average molecular weight is 255 g/mol. The molecule has 0 N–H and O–H groups in total.